The number of para-hydroxylation sites is 1. The molecule has 120 valence electrons. The molecule has 0 spiro atoms. The van der Waals surface area contributed by atoms with Gasteiger partial charge >= 0.3 is 0 Å². The molecular weight excluding hydrogens is 288 g/mol. The lowest BCUT2D eigenvalue weighted by Gasteiger charge is -2.12. The zero-order chi connectivity index (χ0) is 16.1. The van der Waals surface area contributed by atoms with E-state index in [9.17, 15) is 4.79 Å². The molecule has 0 unspecified atom stereocenters. The molecule has 2 aromatic rings. The molecule has 1 aromatic heterocycles. The number of rotatable bonds is 5. The van der Waals surface area contributed by atoms with Crippen molar-refractivity contribution in [3.8, 4) is 5.69 Å². The number of aryl methyl sites for hydroxylation is 1. The number of hydrogen-bond acceptors (Lipinski definition) is 3. The Morgan fingerprint density at radius 1 is 1.22 bits per heavy atom. The lowest BCUT2D eigenvalue weighted by Crippen LogP contribution is -2.26. The van der Waals surface area contributed by atoms with Crippen molar-refractivity contribution >= 4 is 5.91 Å². The summed E-state index contributed by atoms with van der Waals surface area (Å²) >= 11 is 0. The summed E-state index contributed by atoms with van der Waals surface area (Å²) in [5, 5.41) is 11.6. The normalized spacial score (nSPS) is 14.4. The summed E-state index contributed by atoms with van der Waals surface area (Å²) in [6, 6.07) is 9.61. The monoisotopic (exact) mass is 310 g/mol. The number of carbonyl (C=O) groups excluding carboxylic acids is 1. The Labute approximate surface area is 136 Å². The molecule has 3 rings (SSSR count). The quantitative estimate of drug-likeness (QED) is 0.863. The smallest absolute Gasteiger partial charge is 0.273 e. The van der Waals surface area contributed by atoms with Gasteiger partial charge in [0.05, 0.1) is 11.4 Å². The summed E-state index contributed by atoms with van der Waals surface area (Å²) in [4.78, 5) is 13.8. The van der Waals surface area contributed by atoms with Gasteiger partial charge in [-0.05, 0) is 51.2 Å². The zero-order valence-electron chi connectivity index (χ0n) is 13.5. The summed E-state index contributed by atoms with van der Waals surface area (Å²) in [5.74, 6) is -0.152. The predicted octanol–water partition coefficient (Wildman–Crippen LogP) is 3.20. The number of carbonyl (C=O) groups is 1. The largest absolute Gasteiger partial charge is 0.350 e. The van der Waals surface area contributed by atoms with Crippen LogP contribution in [0.15, 0.2) is 42.0 Å². The van der Waals surface area contributed by atoms with Crippen LogP contribution in [0.25, 0.3) is 5.69 Å². The molecule has 1 aliphatic carbocycles. The maximum Gasteiger partial charge on any atom is 0.273 e. The molecule has 23 heavy (non-hydrogen) atoms. The zero-order valence-corrected chi connectivity index (χ0v) is 13.5. The lowest BCUT2D eigenvalue weighted by molar-refractivity contribution is 0.0948. The van der Waals surface area contributed by atoms with Crippen molar-refractivity contribution in [3.05, 3.63) is 53.4 Å². The third-order valence-corrected chi connectivity index (χ3v) is 4.10. The average molecular weight is 310 g/mol. The van der Waals surface area contributed by atoms with E-state index in [0.29, 0.717) is 17.9 Å². The fraction of sp³-hybridized carbons (Fsp3) is 0.389. The molecule has 1 aliphatic rings. The maximum absolute atomic E-state index is 12.3. The Bertz CT molecular complexity index is 703. The van der Waals surface area contributed by atoms with Crippen LogP contribution < -0.4 is 5.32 Å². The van der Waals surface area contributed by atoms with Crippen LogP contribution in [0, 0.1) is 6.92 Å². The van der Waals surface area contributed by atoms with Gasteiger partial charge in [-0.25, -0.2) is 0 Å². The summed E-state index contributed by atoms with van der Waals surface area (Å²) < 4.78 is 0. The molecule has 0 radical (unpaired) electrons. The van der Waals surface area contributed by atoms with Crippen LogP contribution in [0.5, 0.6) is 0 Å². The molecule has 1 N–H and O–H groups in total. The number of nitrogens with one attached hydrogen (secondary N) is 1. The van der Waals surface area contributed by atoms with Gasteiger partial charge in [-0.15, -0.1) is 5.10 Å². The molecule has 0 saturated carbocycles. The number of allylic oxidation sites excluding steroid dienone is 1. The Morgan fingerprint density at radius 3 is 2.78 bits per heavy atom. The van der Waals surface area contributed by atoms with Gasteiger partial charge in [0.2, 0.25) is 0 Å². The highest BCUT2D eigenvalue weighted by Gasteiger charge is 2.16. The van der Waals surface area contributed by atoms with E-state index in [2.05, 4.69) is 21.6 Å². The first kappa shape index (κ1) is 15.5. The fourth-order valence-corrected chi connectivity index (χ4v) is 2.82. The van der Waals surface area contributed by atoms with Crippen molar-refractivity contribution in [2.24, 2.45) is 0 Å². The average Bonchev–Trinajstić information content (AvgIpc) is 2.98. The molecule has 0 aliphatic heterocycles. The Balaban J connectivity index is 1.61. The summed E-state index contributed by atoms with van der Waals surface area (Å²) in [7, 11) is 0. The minimum absolute atomic E-state index is 0.152. The second kappa shape index (κ2) is 7.22. The van der Waals surface area contributed by atoms with E-state index >= 15 is 0 Å². The Morgan fingerprint density at radius 2 is 2.04 bits per heavy atom. The fourth-order valence-electron chi connectivity index (χ4n) is 2.82. The topological polar surface area (TPSA) is 59.8 Å². The van der Waals surface area contributed by atoms with Crippen LogP contribution in [0.3, 0.4) is 0 Å². The van der Waals surface area contributed by atoms with E-state index < -0.39 is 0 Å². The molecule has 1 heterocycles. The van der Waals surface area contributed by atoms with Crippen molar-refractivity contribution in [1.82, 2.24) is 20.3 Å². The van der Waals surface area contributed by atoms with Gasteiger partial charge in [0.25, 0.3) is 5.91 Å². The summed E-state index contributed by atoms with van der Waals surface area (Å²) in [6.07, 6.45) is 8.14. The third-order valence-electron chi connectivity index (χ3n) is 4.10. The second-order valence-corrected chi connectivity index (χ2v) is 5.87. The van der Waals surface area contributed by atoms with Crippen molar-refractivity contribution in [2.45, 2.75) is 39.0 Å². The first-order valence-electron chi connectivity index (χ1n) is 8.19. The number of aromatic nitrogens is 3. The minimum atomic E-state index is -0.152. The first-order chi connectivity index (χ1) is 11.2. The maximum atomic E-state index is 12.3. The van der Waals surface area contributed by atoms with Crippen molar-refractivity contribution in [3.63, 3.8) is 0 Å². The number of hydrogen-bond donors (Lipinski definition) is 1. The van der Waals surface area contributed by atoms with Gasteiger partial charge in [-0.1, -0.05) is 29.8 Å². The summed E-state index contributed by atoms with van der Waals surface area (Å²) in [6.45, 7) is 2.47. The van der Waals surface area contributed by atoms with E-state index in [1.165, 1.54) is 36.1 Å². The van der Waals surface area contributed by atoms with Crippen LogP contribution >= 0.6 is 0 Å². The van der Waals surface area contributed by atoms with Crippen molar-refractivity contribution < 1.29 is 4.79 Å². The molecule has 1 aromatic carbocycles. The van der Waals surface area contributed by atoms with Gasteiger partial charge in [-0.2, -0.15) is 9.90 Å². The van der Waals surface area contributed by atoms with E-state index in [0.717, 1.165) is 12.1 Å². The predicted molar refractivity (Wildman–Crippen MR) is 89.6 cm³/mol. The number of amides is 1. The highest BCUT2D eigenvalue weighted by molar-refractivity contribution is 5.93. The highest BCUT2D eigenvalue weighted by atomic mass is 16.2. The van der Waals surface area contributed by atoms with E-state index in [4.69, 9.17) is 0 Å². The van der Waals surface area contributed by atoms with Gasteiger partial charge in [0, 0.05) is 6.54 Å². The van der Waals surface area contributed by atoms with Crippen LogP contribution in [0.2, 0.25) is 0 Å². The molecule has 0 atom stereocenters. The minimum Gasteiger partial charge on any atom is -0.350 e. The first-order valence-corrected chi connectivity index (χ1v) is 8.19. The molecule has 5 nitrogen and oxygen atoms in total. The van der Waals surface area contributed by atoms with Crippen molar-refractivity contribution in [1.29, 1.82) is 0 Å². The standard InChI is InChI=1S/C18H22N4O/c1-14-17(21-22(20-14)16-10-6-3-7-11-16)18(23)19-13-12-15-8-4-2-5-9-15/h3,6-8,10-11H,2,4-5,9,12-13H2,1H3,(H,19,23). The Hall–Kier alpha value is -2.43. The van der Waals surface area contributed by atoms with Crippen LogP contribution in [0.4, 0.5) is 0 Å². The van der Waals surface area contributed by atoms with Crippen LogP contribution in [0.1, 0.15) is 48.3 Å². The number of nitrogens with zero attached hydrogens (tertiary/aromatic N) is 3. The van der Waals surface area contributed by atoms with Gasteiger partial charge < -0.3 is 5.32 Å². The highest BCUT2D eigenvalue weighted by Crippen LogP contribution is 2.19. The molecule has 0 fully saturated rings. The van der Waals surface area contributed by atoms with E-state index in [-0.39, 0.29) is 5.91 Å². The second-order valence-electron chi connectivity index (χ2n) is 5.87. The third kappa shape index (κ3) is 3.86. The van der Waals surface area contributed by atoms with Crippen LogP contribution in [-0.2, 0) is 0 Å². The van der Waals surface area contributed by atoms with Crippen LogP contribution in [-0.4, -0.2) is 27.4 Å². The molecule has 0 saturated heterocycles. The van der Waals surface area contributed by atoms with Gasteiger partial charge in [0.15, 0.2) is 5.69 Å². The molecule has 0 bridgehead atoms. The SMILES string of the molecule is Cc1nn(-c2ccccc2)nc1C(=O)NCCC1=CCCCC1. The van der Waals surface area contributed by atoms with Gasteiger partial charge in [-0.3, -0.25) is 4.79 Å². The van der Waals surface area contributed by atoms with Gasteiger partial charge in [0.1, 0.15) is 0 Å². The Kier molecular flexibility index (Phi) is 4.86. The van der Waals surface area contributed by atoms with E-state index in [1.54, 1.807) is 0 Å². The lowest BCUT2D eigenvalue weighted by atomic mass is 9.97. The van der Waals surface area contributed by atoms with Crippen molar-refractivity contribution in [2.75, 3.05) is 6.54 Å². The summed E-state index contributed by atoms with van der Waals surface area (Å²) in [5.41, 5.74) is 3.35. The molecule has 5 heteroatoms. The molecule has 1 amide bonds. The molecular formula is C18H22N4O. The van der Waals surface area contributed by atoms with E-state index in [1.807, 2.05) is 37.3 Å². The number of benzene rings is 1.